The van der Waals surface area contributed by atoms with Gasteiger partial charge < -0.3 is 20.1 Å². The van der Waals surface area contributed by atoms with Crippen molar-refractivity contribution in [2.24, 2.45) is 0 Å². The van der Waals surface area contributed by atoms with Crippen LogP contribution in [0.15, 0.2) is 60.7 Å². The summed E-state index contributed by atoms with van der Waals surface area (Å²) in [6.45, 7) is 1.12. The zero-order chi connectivity index (χ0) is 21.6. The molecule has 0 unspecified atom stereocenters. The summed E-state index contributed by atoms with van der Waals surface area (Å²) in [5.41, 5.74) is 1.85. The van der Waals surface area contributed by atoms with E-state index in [9.17, 15) is 9.59 Å². The summed E-state index contributed by atoms with van der Waals surface area (Å²) >= 11 is 0. The van der Waals surface area contributed by atoms with E-state index in [4.69, 9.17) is 9.47 Å². The zero-order valence-corrected chi connectivity index (χ0v) is 17.4. The Hall–Kier alpha value is -3.54. The van der Waals surface area contributed by atoms with Gasteiger partial charge in [0.25, 0.3) is 0 Å². The summed E-state index contributed by atoms with van der Waals surface area (Å²) < 4.78 is 10.2. The van der Waals surface area contributed by atoms with E-state index in [1.54, 1.807) is 26.4 Å². The van der Waals surface area contributed by atoms with Gasteiger partial charge in [-0.25, -0.2) is 0 Å². The van der Waals surface area contributed by atoms with E-state index < -0.39 is 0 Å². The van der Waals surface area contributed by atoms with Gasteiger partial charge in [-0.2, -0.15) is 0 Å². The molecule has 2 rings (SSSR count). The molecule has 0 fully saturated rings. The van der Waals surface area contributed by atoms with E-state index in [0.717, 1.165) is 35.5 Å². The number of unbranched alkanes of at least 4 members (excludes halogenated alkanes) is 1. The van der Waals surface area contributed by atoms with Crippen LogP contribution in [0.5, 0.6) is 11.5 Å². The highest BCUT2D eigenvalue weighted by Crippen LogP contribution is 2.13. The number of benzene rings is 2. The Bertz CT molecular complexity index is 782. The standard InChI is InChI=1S/C24H28N2O4/c1-29-21-11-5-19(6-12-21)9-15-23(27)25-17-3-4-18-26-24(28)16-10-20-7-13-22(30-2)14-8-20/h5-16H,3-4,17-18H2,1-2H3,(H,25,27)(H,26,28). The lowest BCUT2D eigenvalue weighted by molar-refractivity contribution is -0.117. The van der Waals surface area contributed by atoms with E-state index in [-0.39, 0.29) is 11.8 Å². The maximum atomic E-state index is 11.8. The third kappa shape index (κ3) is 8.65. The number of hydrogen-bond donors (Lipinski definition) is 2. The molecule has 6 nitrogen and oxygen atoms in total. The molecule has 0 radical (unpaired) electrons. The summed E-state index contributed by atoms with van der Waals surface area (Å²) in [5, 5.41) is 5.66. The number of ether oxygens (including phenoxy) is 2. The predicted molar refractivity (Wildman–Crippen MR) is 119 cm³/mol. The van der Waals surface area contributed by atoms with Crippen molar-refractivity contribution in [3.63, 3.8) is 0 Å². The predicted octanol–water partition coefficient (Wildman–Crippen LogP) is 3.44. The number of carbonyl (C=O) groups is 2. The van der Waals surface area contributed by atoms with Crippen molar-refractivity contribution < 1.29 is 19.1 Å². The second-order valence-corrected chi connectivity index (χ2v) is 6.50. The average molecular weight is 408 g/mol. The molecular formula is C24H28N2O4. The zero-order valence-electron chi connectivity index (χ0n) is 17.4. The maximum Gasteiger partial charge on any atom is 0.243 e. The van der Waals surface area contributed by atoms with Gasteiger partial charge in [0.1, 0.15) is 11.5 Å². The van der Waals surface area contributed by atoms with Gasteiger partial charge in [0, 0.05) is 25.2 Å². The summed E-state index contributed by atoms with van der Waals surface area (Å²) in [5.74, 6) is 1.27. The van der Waals surface area contributed by atoms with E-state index >= 15 is 0 Å². The smallest absolute Gasteiger partial charge is 0.243 e. The summed E-state index contributed by atoms with van der Waals surface area (Å²) in [6, 6.07) is 14.9. The molecule has 158 valence electrons. The van der Waals surface area contributed by atoms with Crippen LogP contribution in [0, 0.1) is 0 Å². The number of carbonyl (C=O) groups excluding carboxylic acids is 2. The van der Waals surface area contributed by atoms with Gasteiger partial charge in [-0.1, -0.05) is 24.3 Å². The van der Waals surface area contributed by atoms with Crippen LogP contribution >= 0.6 is 0 Å². The van der Waals surface area contributed by atoms with E-state index in [1.165, 1.54) is 12.2 Å². The van der Waals surface area contributed by atoms with Crippen LogP contribution in [0.3, 0.4) is 0 Å². The first kappa shape index (κ1) is 22.7. The molecule has 0 heterocycles. The van der Waals surface area contributed by atoms with Crippen molar-refractivity contribution in [1.82, 2.24) is 10.6 Å². The van der Waals surface area contributed by atoms with E-state index in [0.29, 0.717) is 13.1 Å². The quantitative estimate of drug-likeness (QED) is 0.441. The lowest BCUT2D eigenvalue weighted by Gasteiger charge is -2.04. The lowest BCUT2D eigenvalue weighted by atomic mass is 10.2. The third-order valence-electron chi connectivity index (χ3n) is 4.29. The van der Waals surface area contributed by atoms with Crippen LogP contribution in [0.1, 0.15) is 24.0 Å². The molecule has 0 atom stereocenters. The van der Waals surface area contributed by atoms with Gasteiger partial charge in [-0.05, 0) is 60.4 Å². The molecule has 0 aliphatic heterocycles. The molecule has 2 N–H and O–H groups in total. The van der Waals surface area contributed by atoms with Gasteiger partial charge in [-0.3, -0.25) is 9.59 Å². The van der Waals surface area contributed by atoms with Crippen molar-refractivity contribution >= 4 is 24.0 Å². The summed E-state index contributed by atoms with van der Waals surface area (Å²) in [4.78, 5) is 23.7. The Labute approximate surface area is 177 Å². The molecule has 0 saturated heterocycles. The van der Waals surface area contributed by atoms with Crippen LogP contribution in [0.2, 0.25) is 0 Å². The van der Waals surface area contributed by atoms with Crippen molar-refractivity contribution in [1.29, 1.82) is 0 Å². The number of rotatable bonds is 11. The van der Waals surface area contributed by atoms with Crippen molar-refractivity contribution in [2.75, 3.05) is 27.3 Å². The third-order valence-corrected chi connectivity index (χ3v) is 4.29. The highest BCUT2D eigenvalue weighted by Gasteiger charge is 1.98. The first-order chi connectivity index (χ1) is 14.6. The van der Waals surface area contributed by atoms with Crippen LogP contribution in [0.4, 0.5) is 0 Å². The molecule has 30 heavy (non-hydrogen) atoms. The molecular weight excluding hydrogens is 380 g/mol. The summed E-state index contributed by atoms with van der Waals surface area (Å²) in [6.07, 6.45) is 8.09. The van der Waals surface area contributed by atoms with Crippen LogP contribution in [-0.4, -0.2) is 39.1 Å². The Kier molecular flexibility index (Phi) is 9.73. The number of amides is 2. The normalized spacial score (nSPS) is 10.9. The highest BCUT2D eigenvalue weighted by molar-refractivity contribution is 5.92. The Balaban J connectivity index is 1.57. The van der Waals surface area contributed by atoms with Crippen LogP contribution in [-0.2, 0) is 9.59 Å². The molecule has 2 aromatic carbocycles. The minimum atomic E-state index is -0.141. The number of nitrogens with one attached hydrogen (secondary N) is 2. The van der Waals surface area contributed by atoms with E-state index in [1.807, 2.05) is 48.5 Å². The maximum absolute atomic E-state index is 11.8. The van der Waals surface area contributed by atoms with Crippen LogP contribution < -0.4 is 20.1 Å². The molecule has 2 aromatic rings. The van der Waals surface area contributed by atoms with Crippen molar-refractivity contribution in [3.8, 4) is 11.5 Å². The highest BCUT2D eigenvalue weighted by atomic mass is 16.5. The van der Waals surface area contributed by atoms with Gasteiger partial charge >= 0.3 is 0 Å². The SMILES string of the molecule is COc1ccc(C=CC(=O)NCCCCNC(=O)C=Cc2ccc(OC)cc2)cc1. The molecule has 0 saturated carbocycles. The van der Waals surface area contributed by atoms with Gasteiger partial charge in [0.05, 0.1) is 14.2 Å². The molecule has 2 amide bonds. The van der Waals surface area contributed by atoms with Gasteiger partial charge in [-0.15, -0.1) is 0 Å². The molecule has 0 spiro atoms. The van der Waals surface area contributed by atoms with Crippen molar-refractivity contribution in [2.45, 2.75) is 12.8 Å². The Morgan fingerprint density at radius 1 is 0.700 bits per heavy atom. The minimum absolute atomic E-state index is 0.141. The fourth-order valence-corrected chi connectivity index (χ4v) is 2.56. The molecule has 0 bridgehead atoms. The fourth-order valence-electron chi connectivity index (χ4n) is 2.56. The number of methoxy groups -OCH3 is 2. The van der Waals surface area contributed by atoms with Gasteiger partial charge in [0.15, 0.2) is 0 Å². The molecule has 0 aliphatic carbocycles. The van der Waals surface area contributed by atoms with Crippen LogP contribution in [0.25, 0.3) is 12.2 Å². The van der Waals surface area contributed by atoms with Crippen molar-refractivity contribution in [3.05, 3.63) is 71.8 Å². The first-order valence-corrected chi connectivity index (χ1v) is 9.80. The second kappa shape index (κ2) is 12.8. The Morgan fingerprint density at radius 3 is 1.40 bits per heavy atom. The monoisotopic (exact) mass is 408 g/mol. The second-order valence-electron chi connectivity index (χ2n) is 6.50. The molecule has 6 heteroatoms. The Morgan fingerprint density at radius 2 is 1.07 bits per heavy atom. The molecule has 0 aromatic heterocycles. The minimum Gasteiger partial charge on any atom is -0.497 e. The number of hydrogen-bond acceptors (Lipinski definition) is 4. The lowest BCUT2D eigenvalue weighted by Crippen LogP contribution is -2.25. The average Bonchev–Trinajstić information content (AvgIpc) is 2.79. The van der Waals surface area contributed by atoms with E-state index in [2.05, 4.69) is 10.6 Å². The first-order valence-electron chi connectivity index (χ1n) is 9.80. The molecule has 0 aliphatic rings. The largest absolute Gasteiger partial charge is 0.497 e. The summed E-state index contributed by atoms with van der Waals surface area (Å²) in [7, 11) is 3.23. The topological polar surface area (TPSA) is 76.7 Å². The van der Waals surface area contributed by atoms with Gasteiger partial charge in [0.2, 0.25) is 11.8 Å². The fraction of sp³-hybridized carbons (Fsp3) is 0.250.